The molecule has 0 N–H and O–H groups in total. The van der Waals surface area contributed by atoms with Crippen LogP contribution in [0.2, 0.25) is 5.15 Å². The van der Waals surface area contributed by atoms with Crippen LogP contribution in [0.15, 0.2) is 42.7 Å². The van der Waals surface area contributed by atoms with E-state index in [4.69, 9.17) is 11.6 Å². The molecule has 4 heteroatoms. The van der Waals surface area contributed by atoms with E-state index in [9.17, 15) is 4.79 Å². The van der Waals surface area contributed by atoms with Gasteiger partial charge in [-0.3, -0.25) is 9.78 Å². The summed E-state index contributed by atoms with van der Waals surface area (Å²) in [6.45, 7) is 0. The summed E-state index contributed by atoms with van der Waals surface area (Å²) in [5, 5.41) is 0.368. The molecule has 0 aliphatic heterocycles. The van der Waals surface area contributed by atoms with Crippen LogP contribution in [0, 0.1) is 0 Å². The minimum atomic E-state index is -0.153. The molecule has 15 heavy (non-hydrogen) atoms. The van der Waals surface area contributed by atoms with Crippen molar-refractivity contribution in [3.05, 3.63) is 59.1 Å². The molecule has 0 radical (unpaired) electrons. The van der Waals surface area contributed by atoms with Crippen molar-refractivity contribution in [1.82, 2.24) is 9.97 Å². The van der Waals surface area contributed by atoms with Gasteiger partial charge in [0.05, 0.1) is 0 Å². The van der Waals surface area contributed by atoms with Crippen molar-refractivity contribution >= 4 is 17.4 Å². The molecule has 0 aliphatic carbocycles. The van der Waals surface area contributed by atoms with Gasteiger partial charge in [-0.1, -0.05) is 17.7 Å². The van der Waals surface area contributed by atoms with Gasteiger partial charge in [-0.05, 0) is 24.3 Å². The third-order valence-corrected chi connectivity index (χ3v) is 2.11. The van der Waals surface area contributed by atoms with Gasteiger partial charge in [-0.15, -0.1) is 0 Å². The number of halogens is 1. The summed E-state index contributed by atoms with van der Waals surface area (Å²) in [6, 6.07) is 8.40. The minimum Gasteiger partial charge on any atom is -0.287 e. The molecule has 2 aromatic heterocycles. The summed E-state index contributed by atoms with van der Waals surface area (Å²) < 4.78 is 0. The van der Waals surface area contributed by atoms with Crippen LogP contribution in [0.25, 0.3) is 0 Å². The second kappa shape index (κ2) is 4.19. The molecule has 3 nitrogen and oxygen atoms in total. The molecule has 0 aliphatic rings. The quantitative estimate of drug-likeness (QED) is 0.574. The van der Waals surface area contributed by atoms with Gasteiger partial charge in [-0.2, -0.15) is 0 Å². The van der Waals surface area contributed by atoms with Gasteiger partial charge in [-0.25, -0.2) is 4.98 Å². The molecule has 0 saturated heterocycles. The Kier molecular flexibility index (Phi) is 2.74. The van der Waals surface area contributed by atoms with E-state index in [2.05, 4.69) is 9.97 Å². The Labute approximate surface area is 91.8 Å². The third kappa shape index (κ3) is 2.19. The van der Waals surface area contributed by atoms with E-state index in [1.165, 1.54) is 6.20 Å². The zero-order chi connectivity index (χ0) is 10.7. The molecular weight excluding hydrogens is 212 g/mol. The number of carbonyl (C=O) groups excluding carboxylic acids is 1. The monoisotopic (exact) mass is 218 g/mol. The first-order chi connectivity index (χ1) is 7.27. The fraction of sp³-hybridized carbons (Fsp3) is 0. The number of hydrogen-bond donors (Lipinski definition) is 0. The molecule has 0 aromatic carbocycles. The summed E-state index contributed by atoms with van der Waals surface area (Å²) in [5.74, 6) is -0.153. The Bertz CT molecular complexity index is 468. The molecule has 0 atom stereocenters. The van der Waals surface area contributed by atoms with Gasteiger partial charge in [0.2, 0.25) is 5.78 Å². The number of hydrogen-bond acceptors (Lipinski definition) is 3. The van der Waals surface area contributed by atoms with E-state index >= 15 is 0 Å². The van der Waals surface area contributed by atoms with Crippen LogP contribution >= 0.6 is 11.6 Å². The zero-order valence-corrected chi connectivity index (χ0v) is 8.48. The predicted octanol–water partition coefficient (Wildman–Crippen LogP) is 2.36. The molecule has 0 bridgehead atoms. The summed E-state index contributed by atoms with van der Waals surface area (Å²) in [6.07, 6.45) is 3.02. The minimum absolute atomic E-state index is 0.153. The summed E-state index contributed by atoms with van der Waals surface area (Å²) in [4.78, 5) is 19.6. The van der Waals surface area contributed by atoms with Crippen molar-refractivity contribution < 1.29 is 4.79 Å². The fourth-order valence-corrected chi connectivity index (χ4v) is 1.27. The van der Waals surface area contributed by atoms with Gasteiger partial charge in [0.25, 0.3) is 0 Å². The van der Waals surface area contributed by atoms with Crippen molar-refractivity contribution in [1.29, 1.82) is 0 Å². The molecule has 74 valence electrons. The number of ketones is 1. The third-order valence-electron chi connectivity index (χ3n) is 1.89. The standard InChI is InChI=1S/C11H7ClN2O/c12-10-5-4-8(7-14-10)11(15)9-3-1-2-6-13-9/h1-7H. The highest BCUT2D eigenvalue weighted by atomic mass is 35.5. The summed E-state index contributed by atoms with van der Waals surface area (Å²) in [7, 11) is 0. The second-order valence-electron chi connectivity index (χ2n) is 2.91. The van der Waals surface area contributed by atoms with Gasteiger partial charge in [0.1, 0.15) is 10.8 Å². The van der Waals surface area contributed by atoms with E-state index in [0.29, 0.717) is 16.4 Å². The first-order valence-electron chi connectivity index (χ1n) is 4.34. The maximum absolute atomic E-state index is 11.8. The van der Waals surface area contributed by atoms with E-state index in [-0.39, 0.29) is 5.78 Å². The molecule has 0 fully saturated rings. The lowest BCUT2D eigenvalue weighted by atomic mass is 10.1. The Morgan fingerprint density at radius 1 is 1.13 bits per heavy atom. The van der Waals surface area contributed by atoms with Crippen molar-refractivity contribution in [2.24, 2.45) is 0 Å². The topological polar surface area (TPSA) is 42.9 Å². The average molecular weight is 219 g/mol. The molecule has 0 saturated carbocycles. The molecule has 0 unspecified atom stereocenters. The van der Waals surface area contributed by atoms with Crippen molar-refractivity contribution in [3.63, 3.8) is 0 Å². The highest BCUT2D eigenvalue weighted by Crippen LogP contribution is 2.09. The van der Waals surface area contributed by atoms with Gasteiger partial charge in [0, 0.05) is 18.0 Å². The van der Waals surface area contributed by atoms with Crippen LogP contribution in [-0.2, 0) is 0 Å². The normalized spacial score (nSPS) is 9.93. The first-order valence-corrected chi connectivity index (χ1v) is 4.72. The van der Waals surface area contributed by atoms with E-state index < -0.39 is 0 Å². The number of rotatable bonds is 2. The van der Waals surface area contributed by atoms with Crippen LogP contribution in [0.1, 0.15) is 16.1 Å². The smallest absolute Gasteiger partial charge is 0.212 e. The number of carbonyl (C=O) groups is 1. The van der Waals surface area contributed by atoms with Crippen LogP contribution in [0.5, 0.6) is 0 Å². The van der Waals surface area contributed by atoms with Crippen LogP contribution in [0.4, 0.5) is 0 Å². The van der Waals surface area contributed by atoms with Crippen molar-refractivity contribution in [3.8, 4) is 0 Å². The fourth-order valence-electron chi connectivity index (χ4n) is 1.16. The van der Waals surface area contributed by atoms with Crippen LogP contribution in [-0.4, -0.2) is 15.8 Å². The predicted molar refractivity (Wildman–Crippen MR) is 56.9 cm³/mol. The van der Waals surface area contributed by atoms with Gasteiger partial charge < -0.3 is 0 Å². The molecule has 2 rings (SSSR count). The van der Waals surface area contributed by atoms with Crippen molar-refractivity contribution in [2.45, 2.75) is 0 Å². The molecule has 2 heterocycles. The molecule has 2 aromatic rings. The lowest BCUT2D eigenvalue weighted by Gasteiger charge is -1.98. The first kappa shape index (κ1) is 9.80. The van der Waals surface area contributed by atoms with Crippen LogP contribution in [0.3, 0.4) is 0 Å². The van der Waals surface area contributed by atoms with Gasteiger partial charge >= 0.3 is 0 Å². The largest absolute Gasteiger partial charge is 0.287 e. The molecule has 0 spiro atoms. The Balaban J connectivity index is 2.33. The second-order valence-corrected chi connectivity index (χ2v) is 3.30. The Morgan fingerprint density at radius 2 is 2.00 bits per heavy atom. The SMILES string of the molecule is O=C(c1ccc(Cl)nc1)c1ccccn1. The summed E-state index contributed by atoms with van der Waals surface area (Å²) >= 11 is 5.62. The Morgan fingerprint density at radius 3 is 2.60 bits per heavy atom. The van der Waals surface area contributed by atoms with E-state index in [1.807, 2.05) is 0 Å². The number of pyridine rings is 2. The van der Waals surface area contributed by atoms with Gasteiger partial charge in [0.15, 0.2) is 0 Å². The Hall–Kier alpha value is -1.74. The lowest BCUT2D eigenvalue weighted by molar-refractivity contribution is 0.103. The number of aromatic nitrogens is 2. The summed E-state index contributed by atoms with van der Waals surface area (Å²) in [5.41, 5.74) is 0.889. The molecular formula is C11H7ClN2O. The van der Waals surface area contributed by atoms with E-state index in [1.54, 1.807) is 36.5 Å². The number of nitrogens with zero attached hydrogens (tertiary/aromatic N) is 2. The maximum Gasteiger partial charge on any atom is 0.212 e. The lowest BCUT2D eigenvalue weighted by Crippen LogP contribution is -2.03. The maximum atomic E-state index is 11.8. The van der Waals surface area contributed by atoms with Crippen molar-refractivity contribution in [2.75, 3.05) is 0 Å². The van der Waals surface area contributed by atoms with E-state index in [0.717, 1.165) is 0 Å². The van der Waals surface area contributed by atoms with Crippen LogP contribution < -0.4 is 0 Å². The highest BCUT2D eigenvalue weighted by molar-refractivity contribution is 6.29. The zero-order valence-electron chi connectivity index (χ0n) is 7.72. The highest BCUT2D eigenvalue weighted by Gasteiger charge is 2.09. The average Bonchev–Trinajstić information content (AvgIpc) is 2.30. The molecule has 0 amide bonds.